The van der Waals surface area contributed by atoms with Crippen molar-refractivity contribution < 1.29 is 0 Å². The monoisotopic (exact) mass is 254 g/mol. The van der Waals surface area contributed by atoms with Gasteiger partial charge in [0.2, 0.25) is 0 Å². The molecule has 0 N–H and O–H groups in total. The first-order chi connectivity index (χ1) is 6.56. The lowest BCUT2D eigenvalue weighted by atomic mass is 9.84. The van der Waals surface area contributed by atoms with Gasteiger partial charge in [-0.1, -0.05) is 67.0 Å². The first-order valence-electron chi connectivity index (χ1n) is 5.24. The van der Waals surface area contributed by atoms with Gasteiger partial charge in [-0.25, -0.2) is 0 Å². The Hall–Kier alpha value is -0.300. The summed E-state index contributed by atoms with van der Waals surface area (Å²) in [5.74, 6) is 0. The molecule has 0 radical (unpaired) electrons. The molecule has 0 saturated heterocycles. The van der Waals surface area contributed by atoms with Crippen molar-refractivity contribution in [3.05, 3.63) is 35.9 Å². The van der Waals surface area contributed by atoms with Crippen LogP contribution in [0.25, 0.3) is 0 Å². The molecule has 1 heteroatoms. The number of hydrogen-bond acceptors (Lipinski definition) is 0. The van der Waals surface area contributed by atoms with E-state index in [2.05, 4.69) is 67.0 Å². The van der Waals surface area contributed by atoms with Gasteiger partial charge in [0.1, 0.15) is 0 Å². The van der Waals surface area contributed by atoms with Crippen molar-refractivity contribution in [2.24, 2.45) is 5.41 Å². The van der Waals surface area contributed by atoms with Crippen molar-refractivity contribution in [2.45, 2.75) is 38.4 Å². The van der Waals surface area contributed by atoms with Gasteiger partial charge in [-0.2, -0.15) is 0 Å². The van der Waals surface area contributed by atoms with E-state index in [4.69, 9.17) is 0 Å². The van der Waals surface area contributed by atoms with Crippen molar-refractivity contribution >= 4 is 15.9 Å². The Balaban J connectivity index is 2.62. The largest absolute Gasteiger partial charge is 0.0881 e. The third-order valence-corrected chi connectivity index (χ3v) is 4.58. The second-order valence-electron chi connectivity index (χ2n) is 4.50. The predicted molar refractivity (Wildman–Crippen MR) is 66.9 cm³/mol. The minimum absolute atomic E-state index is 0.371. The van der Waals surface area contributed by atoms with E-state index in [1.54, 1.807) is 0 Å². The van der Waals surface area contributed by atoms with Crippen LogP contribution in [0.5, 0.6) is 0 Å². The zero-order valence-corrected chi connectivity index (χ0v) is 10.8. The lowest BCUT2D eigenvalue weighted by Crippen LogP contribution is -2.25. The van der Waals surface area contributed by atoms with Gasteiger partial charge in [-0.05, 0) is 23.8 Å². The summed E-state index contributed by atoms with van der Waals surface area (Å²) in [6.07, 6.45) is 2.32. The normalized spacial score (nSPS) is 14.0. The highest BCUT2D eigenvalue weighted by atomic mass is 79.9. The average Bonchev–Trinajstić information content (AvgIpc) is 2.19. The molecule has 0 aliphatic rings. The Bertz CT molecular complexity index is 264. The highest BCUT2D eigenvalue weighted by Crippen LogP contribution is 2.32. The summed E-state index contributed by atoms with van der Waals surface area (Å²) in [7, 11) is 0. The van der Waals surface area contributed by atoms with Crippen LogP contribution in [0, 0.1) is 5.41 Å². The quantitative estimate of drug-likeness (QED) is 0.698. The molecule has 1 aromatic carbocycles. The Morgan fingerprint density at radius 3 is 2.29 bits per heavy atom. The summed E-state index contributed by atoms with van der Waals surface area (Å²) in [6, 6.07) is 10.7. The van der Waals surface area contributed by atoms with Gasteiger partial charge in [0, 0.05) is 4.83 Å². The second kappa shape index (κ2) is 4.97. The maximum absolute atomic E-state index is 3.80. The van der Waals surface area contributed by atoms with Crippen molar-refractivity contribution in [2.75, 3.05) is 0 Å². The number of rotatable bonds is 4. The van der Waals surface area contributed by atoms with E-state index in [1.807, 2.05) is 0 Å². The van der Waals surface area contributed by atoms with Crippen LogP contribution in [0.4, 0.5) is 0 Å². The van der Waals surface area contributed by atoms with Gasteiger partial charge in [-0.15, -0.1) is 0 Å². The second-order valence-corrected chi connectivity index (χ2v) is 5.60. The van der Waals surface area contributed by atoms with E-state index in [9.17, 15) is 0 Å². The van der Waals surface area contributed by atoms with E-state index in [-0.39, 0.29) is 0 Å². The molecule has 0 heterocycles. The van der Waals surface area contributed by atoms with Crippen LogP contribution >= 0.6 is 15.9 Å². The highest BCUT2D eigenvalue weighted by molar-refractivity contribution is 9.09. The molecule has 0 aliphatic heterocycles. The van der Waals surface area contributed by atoms with E-state index in [1.165, 1.54) is 12.0 Å². The first-order valence-corrected chi connectivity index (χ1v) is 6.16. The van der Waals surface area contributed by atoms with Crippen molar-refractivity contribution in [1.29, 1.82) is 0 Å². The molecule has 1 rings (SSSR count). The number of halogens is 1. The van der Waals surface area contributed by atoms with Gasteiger partial charge in [-0.3, -0.25) is 0 Å². The summed E-state index contributed by atoms with van der Waals surface area (Å²) in [6.45, 7) is 6.88. The maximum atomic E-state index is 3.80. The van der Waals surface area contributed by atoms with Crippen LogP contribution < -0.4 is 0 Å². The van der Waals surface area contributed by atoms with Crippen LogP contribution in [0.2, 0.25) is 0 Å². The third-order valence-electron chi connectivity index (χ3n) is 3.02. The van der Waals surface area contributed by atoms with E-state index >= 15 is 0 Å². The Kier molecular flexibility index (Phi) is 4.18. The highest BCUT2D eigenvalue weighted by Gasteiger charge is 2.25. The van der Waals surface area contributed by atoms with E-state index < -0.39 is 0 Å². The zero-order chi connectivity index (χ0) is 10.6. The lowest BCUT2D eigenvalue weighted by Gasteiger charge is -2.29. The van der Waals surface area contributed by atoms with Crippen LogP contribution in [0.15, 0.2) is 30.3 Å². The number of benzene rings is 1. The molecule has 1 atom stereocenters. The number of hydrogen-bond donors (Lipinski definition) is 0. The smallest absolute Gasteiger partial charge is 0.0237 e. The minimum Gasteiger partial charge on any atom is -0.0881 e. The van der Waals surface area contributed by atoms with Crippen molar-refractivity contribution in [3.63, 3.8) is 0 Å². The molecule has 0 spiro atoms. The molecule has 0 bridgehead atoms. The maximum Gasteiger partial charge on any atom is 0.0237 e. The predicted octanol–water partition coefficient (Wildman–Crippen LogP) is 4.43. The summed E-state index contributed by atoms with van der Waals surface area (Å²) in [4.78, 5) is 0.558. The molecular formula is C13H19Br. The van der Waals surface area contributed by atoms with Gasteiger partial charge in [0.05, 0.1) is 0 Å². The molecule has 0 aromatic heterocycles. The van der Waals surface area contributed by atoms with Crippen LogP contribution in [0.3, 0.4) is 0 Å². The van der Waals surface area contributed by atoms with Crippen LogP contribution in [-0.4, -0.2) is 4.83 Å². The van der Waals surface area contributed by atoms with E-state index in [0.717, 1.165) is 6.42 Å². The summed E-state index contributed by atoms with van der Waals surface area (Å²) in [5, 5.41) is 0. The zero-order valence-electron chi connectivity index (χ0n) is 9.26. The molecule has 14 heavy (non-hydrogen) atoms. The topological polar surface area (TPSA) is 0 Å². The lowest BCUT2D eigenvalue weighted by molar-refractivity contribution is 0.340. The van der Waals surface area contributed by atoms with Gasteiger partial charge < -0.3 is 0 Å². The van der Waals surface area contributed by atoms with Gasteiger partial charge >= 0.3 is 0 Å². The SMILES string of the molecule is CCC(C)(C)C(Br)Cc1ccccc1. The molecule has 0 nitrogen and oxygen atoms in total. The van der Waals surface area contributed by atoms with Crippen molar-refractivity contribution in [3.8, 4) is 0 Å². The third kappa shape index (κ3) is 3.13. The molecule has 1 unspecified atom stereocenters. The molecule has 0 aliphatic carbocycles. The molecule has 78 valence electrons. The fourth-order valence-electron chi connectivity index (χ4n) is 1.32. The molecule has 0 fully saturated rings. The average molecular weight is 255 g/mol. The summed E-state index contributed by atoms with van der Waals surface area (Å²) >= 11 is 3.80. The van der Waals surface area contributed by atoms with Gasteiger partial charge in [0.15, 0.2) is 0 Å². The Labute approximate surface area is 95.9 Å². The minimum atomic E-state index is 0.371. The fraction of sp³-hybridized carbons (Fsp3) is 0.538. The summed E-state index contributed by atoms with van der Waals surface area (Å²) < 4.78 is 0. The van der Waals surface area contributed by atoms with Crippen molar-refractivity contribution in [1.82, 2.24) is 0 Å². The standard InChI is InChI=1S/C13H19Br/c1-4-13(2,3)12(14)10-11-8-6-5-7-9-11/h5-9,12H,4,10H2,1-3H3. The Morgan fingerprint density at radius 2 is 1.79 bits per heavy atom. The van der Waals surface area contributed by atoms with E-state index in [0.29, 0.717) is 10.2 Å². The fourth-order valence-corrected chi connectivity index (χ4v) is 2.02. The molecule has 0 amide bonds. The van der Waals surface area contributed by atoms with Gasteiger partial charge in [0.25, 0.3) is 0 Å². The molecular weight excluding hydrogens is 236 g/mol. The summed E-state index contributed by atoms with van der Waals surface area (Å²) in [5.41, 5.74) is 1.78. The Morgan fingerprint density at radius 1 is 1.21 bits per heavy atom. The number of alkyl halides is 1. The van der Waals surface area contributed by atoms with Crippen LogP contribution in [-0.2, 0) is 6.42 Å². The van der Waals surface area contributed by atoms with Crippen LogP contribution in [0.1, 0.15) is 32.8 Å². The first kappa shape index (κ1) is 11.8. The molecule has 1 aromatic rings. The molecule has 0 saturated carbocycles.